The Morgan fingerprint density at radius 1 is 0.971 bits per heavy atom. The predicted molar refractivity (Wildman–Crippen MR) is 132 cm³/mol. The second-order valence-electron chi connectivity index (χ2n) is 7.85. The highest BCUT2D eigenvalue weighted by Crippen LogP contribution is 2.44. The van der Waals surface area contributed by atoms with Gasteiger partial charge in [0, 0.05) is 23.9 Å². The van der Waals surface area contributed by atoms with Gasteiger partial charge in [-0.15, -0.1) is 0 Å². The maximum Gasteiger partial charge on any atom is 0.407 e. The first-order valence-electron chi connectivity index (χ1n) is 10.9. The molecule has 7 nitrogen and oxygen atoms in total. The number of hydrogen-bond donors (Lipinski definition) is 3. The number of anilines is 1. The van der Waals surface area contributed by atoms with Gasteiger partial charge in [0.05, 0.1) is 11.3 Å². The van der Waals surface area contributed by atoms with Crippen molar-refractivity contribution in [1.82, 2.24) is 5.32 Å². The molecule has 2 amide bonds. The Balaban J connectivity index is 1.17. The van der Waals surface area contributed by atoms with Gasteiger partial charge in [-0.3, -0.25) is 4.79 Å². The summed E-state index contributed by atoms with van der Waals surface area (Å²) in [6.45, 7) is 0.541. The zero-order valence-corrected chi connectivity index (χ0v) is 19.4. The van der Waals surface area contributed by atoms with Crippen LogP contribution >= 0.6 is 11.8 Å². The molecule has 0 aliphatic heterocycles. The highest BCUT2D eigenvalue weighted by Gasteiger charge is 2.28. The smallest absolute Gasteiger partial charge is 0.407 e. The van der Waals surface area contributed by atoms with E-state index in [1.54, 1.807) is 0 Å². The fraction of sp³-hybridized carbons (Fsp3) is 0.192. The lowest BCUT2D eigenvalue weighted by atomic mass is 9.98. The van der Waals surface area contributed by atoms with Crippen molar-refractivity contribution in [2.75, 3.05) is 30.0 Å². The number of alkyl carbamates (subject to hydrolysis) is 1. The number of thioether (sulfide) groups is 1. The number of fused-ring (bicyclic) bond motifs is 3. The van der Waals surface area contributed by atoms with Crippen LogP contribution in [0, 0.1) is 5.82 Å². The predicted octanol–water partition coefficient (Wildman–Crippen LogP) is 4.73. The van der Waals surface area contributed by atoms with Gasteiger partial charge in [0.1, 0.15) is 12.4 Å². The maximum absolute atomic E-state index is 13.4. The van der Waals surface area contributed by atoms with Crippen molar-refractivity contribution in [3.8, 4) is 11.1 Å². The van der Waals surface area contributed by atoms with Crippen molar-refractivity contribution in [2.24, 2.45) is 0 Å². The Kier molecular flexibility index (Phi) is 7.67. The molecule has 1 aliphatic rings. The van der Waals surface area contributed by atoms with E-state index in [-0.39, 0.29) is 29.9 Å². The van der Waals surface area contributed by atoms with Gasteiger partial charge in [0.15, 0.2) is 0 Å². The summed E-state index contributed by atoms with van der Waals surface area (Å²) in [5.74, 6) is -2.09. The van der Waals surface area contributed by atoms with Crippen LogP contribution in [0.2, 0.25) is 0 Å². The van der Waals surface area contributed by atoms with E-state index in [0.717, 1.165) is 34.4 Å². The topological polar surface area (TPSA) is 105 Å². The molecule has 3 N–H and O–H groups in total. The summed E-state index contributed by atoms with van der Waals surface area (Å²) in [4.78, 5) is 35.2. The molecule has 0 spiro atoms. The van der Waals surface area contributed by atoms with Gasteiger partial charge in [-0.05, 0) is 40.5 Å². The third kappa shape index (κ3) is 5.81. The zero-order chi connectivity index (χ0) is 24.8. The van der Waals surface area contributed by atoms with Gasteiger partial charge in [0.25, 0.3) is 0 Å². The monoisotopic (exact) mass is 494 g/mol. The molecule has 0 heterocycles. The summed E-state index contributed by atoms with van der Waals surface area (Å²) < 4.78 is 18.9. The minimum Gasteiger partial charge on any atom is -0.478 e. The normalized spacial score (nSPS) is 11.9. The minimum absolute atomic E-state index is 0.0145. The lowest BCUT2D eigenvalue weighted by Crippen LogP contribution is -2.28. The Bertz CT molecular complexity index is 1220. The number of ether oxygens (including phenoxy) is 1. The van der Waals surface area contributed by atoms with Gasteiger partial charge in [-0.1, -0.05) is 48.5 Å². The first-order chi connectivity index (χ1) is 16.9. The number of amides is 2. The van der Waals surface area contributed by atoms with Gasteiger partial charge < -0.3 is 20.5 Å². The second kappa shape index (κ2) is 11.1. The molecule has 35 heavy (non-hydrogen) atoms. The number of carboxylic acids is 1. The van der Waals surface area contributed by atoms with Crippen molar-refractivity contribution in [2.45, 2.75) is 5.92 Å². The SMILES string of the molecule is O=C(CSCCNC(=O)OCC1c2ccccc2-c2ccccc21)Nc1ccc(F)c(C(=O)O)c1. The molecule has 3 aromatic rings. The third-order valence-corrected chi connectivity index (χ3v) is 6.53. The summed E-state index contributed by atoms with van der Waals surface area (Å²) in [6.07, 6.45) is -0.524. The highest BCUT2D eigenvalue weighted by molar-refractivity contribution is 7.99. The van der Waals surface area contributed by atoms with Crippen LogP contribution in [0.5, 0.6) is 0 Å². The molecule has 0 radical (unpaired) electrons. The first kappa shape index (κ1) is 24.3. The third-order valence-electron chi connectivity index (χ3n) is 5.57. The van der Waals surface area contributed by atoms with Crippen molar-refractivity contribution >= 4 is 35.4 Å². The molecule has 0 saturated carbocycles. The molecular formula is C26H23FN2O5S. The number of hydrogen-bond acceptors (Lipinski definition) is 5. The van der Waals surface area contributed by atoms with Crippen LogP contribution in [0.25, 0.3) is 11.1 Å². The lowest BCUT2D eigenvalue weighted by molar-refractivity contribution is -0.113. The highest BCUT2D eigenvalue weighted by atomic mass is 32.2. The van der Waals surface area contributed by atoms with Crippen LogP contribution < -0.4 is 10.6 Å². The molecule has 180 valence electrons. The molecule has 3 aromatic carbocycles. The average molecular weight is 495 g/mol. The molecule has 0 fully saturated rings. The van der Waals surface area contributed by atoms with Gasteiger partial charge in [-0.2, -0.15) is 11.8 Å². The molecular weight excluding hydrogens is 471 g/mol. The summed E-state index contributed by atoms with van der Waals surface area (Å²) in [5.41, 5.74) is 4.28. The standard InChI is InChI=1S/C26H23FN2O5S/c27-23-10-9-16(13-21(23)25(31)32)29-24(30)15-35-12-11-28-26(33)34-14-22-19-7-3-1-5-17(19)18-6-2-4-8-20(18)22/h1-10,13,22H,11-12,14-15H2,(H,28,33)(H,29,30)(H,31,32). The quantitative estimate of drug-likeness (QED) is 0.372. The number of aromatic carboxylic acids is 1. The zero-order valence-electron chi connectivity index (χ0n) is 18.6. The number of carbonyl (C=O) groups excluding carboxylic acids is 2. The Hall–Kier alpha value is -3.85. The average Bonchev–Trinajstić information content (AvgIpc) is 3.17. The number of carbonyl (C=O) groups is 3. The van der Waals surface area contributed by atoms with E-state index >= 15 is 0 Å². The number of nitrogens with one attached hydrogen (secondary N) is 2. The molecule has 9 heteroatoms. The maximum atomic E-state index is 13.4. The molecule has 4 rings (SSSR count). The summed E-state index contributed by atoms with van der Waals surface area (Å²) >= 11 is 1.29. The summed E-state index contributed by atoms with van der Waals surface area (Å²) in [7, 11) is 0. The fourth-order valence-electron chi connectivity index (χ4n) is 4.00. The minimum atomic E-state index is -1.41. The number of benzene rings is 3. The number of carboxylic acid groups (broad SMARTS) is 1. The van der Waals surface area contributed by atoms with E-state index in [1.807, 2.05) is 24.3 Å². The van der Waals surface area contributed by atoms with Gasteiger partial charge in [0.2, 0.25) is 5.91 Å². The van der Waals surface area contributed by atoms with E-state index in [4.69, 9.17) is 9.84 Å². The van der Waals surface area contributed by atoms with Gasteiger partial charge >= 0.3 is 12.1 Å². The van der Waals surface area contributed by atoms with Crippen molar-refractivity contribution in [3.63, 3.8) is 0 Å². The van der Waals surface area contributed by atoms with Crippen molar-refractivity contribution in [1.29, 1.82) is 0 Å². The van der Waals surface area contributed by atoms with Gasteiger partial charge in [-0.25, -0.2) is 14.0 Å². The fourth-order valence-corrected chi connectivity index (χ4v) is 4.65. The van der Waals surface area contributed by atoms with E-state index in [1.165, 1.54) is 17.8 Å². The van der Waals surface area contributed by atoms with Crippen LogP contribution in [-0.4, -0.2) is 47.7 Å². The Labute approximate surface area is 205 Å². The van der Waals surface area contributed by atoms with Crippen LogP contribution in [-0.2, 0) is 9.53 Å². The molecule has 0 saturated heterocycles. The van der Waals surface area contributed by atoms with E-state index in [9.17, 15) is 18.8 Å². The Morgan fingerprint density at radius 2 is 1.63 bits per heavy atom. The molecule has 0 aromatic heterocycles. The molecule has 1 aliphatic carbocycles. The lowest BCUT2D eigenvalue weighted by Gasteiger charge is -2.14. The van der Waals surface area contributed by atoms with E-state index in [0.29, 0.717) is 12.3 Å². The first-order valence-corrected chi connectivity index (χ1v) is 12.1. The van der Waals surface area contributed by atoms with Crippen LogP contribution in [0.15, 0.2) is 66.7 Å². The largest absolute Gasteiger partial charge is 0.478 e. The number of halogens is 1. The van der Waals surface area contributed by atoms with E-state index in [2.05, 4.69) is 34.9 Å². The molecule has 0 atom stereocenters. The number of rotatable bonds is 9. The van der Waals surface area contributed by atoms with Crippen LogP contribution in [0.3, 0.4) is 0 Å². The summed E-state index contributed by atoms with van der Waals surface area (Å²) in [6, 6.07) is 19.6. The summed E-state index contributed by atoms with van der Waals surface area (Å²) in [5, 5.41) is 14.2. The van der Waals surface area contributed by atoms with E-state index < -0.39 is 23.4 Å². The molecule has 0 unspecified atom stereocenters. The van der Waals surface area contributed by atoms with Crippen LogP contribution in [0.1, 0.15) is 27.4 Å². The van der Waals surface area contributed by atoms with Crippen LogP contribution in [0.4, 0.5) is 14.9 Å². The van der Waals surface area contributed by atoms with Crippen molar-refractivity contribution in [3.05, 3.63) is 89.2 Å². The second-order valence-corrected chi connectivity index (χ2v) is 8.96. The Morgan fingerprint density at radius 3 is 2.29 bits per heavy atom. The molecule has 0 bridgehead atoms. The van der Waals surface area contributed by atoms with Crippen molar-refractivity contribution < 1.29 is 28.6 Å².